The van der Waals surface area contributed by atoms with E-state index in [-0.39, 0.29) is 0 Å². The molecule has 1 aliphatic rings. The first-order valence-corrected chi connectivity index (χ1v) is 8.17. The summed E-state index contributed by atoms with van der Waals surface area (Å²) >= 11 is 0. The largest absolute Gasteiger partial charge is 0.369 e. The highest BCUT2D eigenvalue weighted by Gasteiger charge is 2.17. The van der Waals surface area contributed by atoms with Gasteiger partial charge in [-0.1, -0.05) is 0 Å². The lowest BCUT2D eigenvalue weighted by Gasteiger charge is -2.34. The maximum atomic E-state index is 4.81. The zero-order valence-electron chi connectivity index (χ0n) is 14.0. The van der Waals surface area contributed by atoms with E-state index in [1.807, 2.05) is 19.3 Å². The standard InChI is InChI=1S/C18H23N5/c1-13-11-14(23-9-7-21(2)8-10-23)12-15-17(13)20-18(19-15)16-5-4-6-22(16)3/h4-6,11-12H,7-10H2,1-3H3,(H,19,20). The number of fused-ring (bicyclic) bond motifs is 1. The Bertz CT molecular complexity index is 836. The maximum absolute atomic E-state index is 4.81. The lowest BCUT2D eigenvalue weighted by atomic mass is 10.1. The summed E-state index contributed by atoms with van der Waals surface area (Å²) in [5.41, 5.74) is 5.83. The number of hydrogen-bond acceptors (Lipinski definition) is 3. The van der Waals surface area contributed by atoms with Gasteiger partial charge in [-0.05, 0) is 43.8 Å². The molecule has 1 fully saturated rings. The number of hydrogen-bond donors (Lipinski definition) is 1. The van der Waals surface area contributed by atoms with Crippen molar-refractivity contribution in [1.82, 2.24) is 19.4 Å². The summed E-state index contributed by atoms with van der Waals surface area (Å²) in [5.74, 6) is 0.936. The van der Waals surface area contributed by atoms with Crippen molar-refractivity contribution in [1.29, 1.82) is 0 Å². The summed E-state index contributed by atoms with van der Waals surface area (Å²) in [4.78, 5) is 13.2. The highest BCUT2D eigenvalue weighted by atomic mass is 15.2. The number of likely N-dealkylation sites (N-methyl/N-ethyl adjacent to an activating group) is 1. The fourth-order valence-electron chi connectivity index (χ4n) is 3.35. The summed E-state index contributed by atoms with van der Waals surface area (Å²) in [7, 11) is 4.23. The Balaban J connectivity index is 1.74. The van der Waals surface area contributed by atoms with Crippen LogP contribution in [0.3, 0.4) is 0 Å². The van der Waals surface area contributed by atoms with Crippen LogP contribution < -0.4 is 4.90 Å². The number of H-pyrrole nitrogens is 1. The molecule has 0 spiro atoms. The third-order valence-corrected chi connectivity index (χ3v) is 4.82. The quantitative estimate of drug-likeness (QED) is 0.791. The Morgan fingerprint density at radius 1 is 1.09 bits per heavy atom. The van der Waals surface area contributed by atoms with Gasteiger partial charge in [0.15, 0.2) is 5.82 Å². The number of imidazole rings is 1. The van der Waals surface area contributed by atoms with E-state index >= 15 is 0 Å². The molecule has 0 bridgehead atoms. The molecular weight excluding hydrogens is 286 g/mol. The second-order valence-electron chi connectivity index (χ2n) is 6.54. The molecule has 0 radical (unpaired) electrons. The lowest BCUT2D eigenvalue weighted by molar-refractivity contribution is 0.313. The minimum atomic E-state index is 0.936. The molecule has 0 atom stereocenters. The first kappa shape index (κ1) is 14.3. The molecule has 3 heterocycles. The van der Waals surface area contributed by atoms with Gasteiger partial charge in [0.2, 0.25) is 0 Å². The predicted molar refractivity (Wildman–Crippen MR) is 94.9 cm³/mol. The molecule has 0 aliphatic carbocycles. The Hall–Kier alpha value is -2.27. The Kier molecular flexibility index (Phi) is 3.38. The van der Waals surface area contributed by atoms with E-state index in [1.54, 1.807) is 0 Å². The summed E-state index contributed by atoms with van der Waals surface area (Å²) in [6.45, 7) is 6.56. The first-order chi connectivity index (χ1) is 11.1. The minimum absolute atomic E-state index is 0.936. The zero-order valence-corrected chi connectivity index (χ0v) is 14.0. The first-order valence-electron chi connectivity index (χ1n) is 8.17. The summed E-state index contributed by atoms with van der Waals surface area (Å²) < 4.78 is 2.09. The van der Waals surface area contributed by atoms with Crippen molar-refractivity contribution in [3.05, 3.63) is 36.0 Å². The van der Waals surface area contributed by atoms with Crippen molar-refractivity contribution in [2.24, 2.45) is 7.05 Å². The smallest absolute Gasteiger partial charge is 0.155 e. The van der Waals surface area contributed by atoms with Crippen LogP contribution in [0.15, 0.2) is 30.5 Å². The third kappa shape index (κ3) is 2.51. The zero-order chi connectivity index (χ0) is 16.0. The fraction of sp³-hybridized carbons (Fsp3) is 0.389. The van der Waals surface area contributed by atoms with Gasteiger partial charge >= 0.3 is 0 Å². The van der Waals surface area contributed by atoms with Crippen molar-refractivity contribution in [3.8, 4) is 11.5 Å². The molecule has 1 N–H and O–H groups in total. The summed E-state index contributed by atoms with van der Waals surface area (Å²) in [5, 5.41) is 0. The van der Waals surface area contributed by atoms with E-state index in [9.17, 15) is 0 Å². The molecule has 0 amide bonds. The molecule has 3 aromatic rings. The topological polar surface area (TPSA) is 40.1 Å². The van der Waals surface area contributed by atoms with Crippen LogP contribution in [-0.2, 0) is 7.05 Å². The van der Waals surface area contributed by atoms with Gasteiger partial charge in [0.1, 0.15) is 0 Å². The van der Waals surface area contributed by atoms with Crippen LogP contribution in [0.25, 0.3) is 22.6 Å². The number of rotatable bonds is 2. The van der Waals surface area contributed by atoms with Crippen LogP contribution in [0.1, 0.15) is 5.56 Å². The van der Waals surface area contributed by atoms with E-state index < -0.39 is 0 Å². The molecule has 120 valence electrons. The molecule has 1 saturated heterocycles. The summed E-state index contributed by atoms with van der Waals surface area (Å²) in [6.07, 6.45) is 2.05. The van der Waals surface area contributed by atoms with E-state index in [1.165, 1.54) is 11.3 Å². The average Bonchev–Trinajstić information content (AvgIpc) is 3.14. The second-order valence-corrected chi connectivity index (χ2v) is 6.54. The highest BCUT2D eigenvalue weighted by Crippen LogP contribution is 2.28. The van der Waals surface area contributed by atoms with Crippen molar-refractivity contribution < 1.29 is 0 Å². The second kappa shape index (κ2) is 5.42. The van der Waals surface area contributed by atoms with Crippen molar-refractivity contribution in [3.63, 3.8) is 0 Å². The maximum Gasteiger partial charge on any atom is 0.155 e. The monoisotopic (exact) mass is 309 g/mol. The number of aromatic amines is 1. The van der Waals surface area contributed by atoms with Gasteiger partial charge in [-0.2, -0.15) is 0 Å². The molecule has 4 rings (SSSR count). The van der Waals surface area contributed by atoms with Gasteiger partial charge < -0.3 is 19.4 Å². The van der Waals surface area contributed by atoms with Crippen LogP contribution >= 0.6 is 0 Å². The Morgan fingerprint density at radius 3 is 2.57 bits per heavy atom. The molecule has 5 nitrogen and oxygen atoms in total. The highest BCUT2D eigenvalue weighted by molar-refractivity contribution is 5.85. The van der Waals surface area contributed by atoms with Crippen LogP contribution in [-0.4, -0.2) is 52.7 Å². The van der Waals surface area contributed by atoms with E-state index in [2.05, 4.69) is 51.5 Å². The molecule has 1 aromatic carbocycles. The van der Waals surface area contributed by atoms with Gasteiger partial charge in [-0.15, -0.1) is 0 Å². The molecule has 5 heteroatoms. The molecule has 0 unspecified atom stereocenters. The Morgan fingerprint density at radius 2 is 1.87 bits per heavy atom. The number of piperazine rings is 1. The number of aromatic nitrogens is 3. The van der Waals surface area contributed by atoms with Crippen LogP contribution in [0.2, 0.25) is 0 Å². The number of anilines is 1. The van der Waals surface area contributed by atoms with Gasteiger partial charge in [0.05, 0.1) is 16.7 Å². The number of benzene rings is 1. The molecular formula is C18H23N5. The number of nitrogens with one attached hydrogen (secondary N) is 1. The minimum Gasteiger partial charge on any atom is -0.369 e. The molecule has 2 aromatic heterocycles. The van der Waals surface area contributed by atoms with Crippen LogP contribution in [0.4, 0.5) is 5.69 Å². The number of nitrogens with zero attached hydrogens (tertiary/aromatic N) is 4. The van der Waals surface area contributed by atoms with Crippen LogP contribution in [0, 0.1) is 6.92 Å². The Labute approximate surface area is 136 Å². The van der Waals surface area contributed by atoms with Gasteiger partial charge in [0.25, 0.3) is 0 Å². The van der Waals surface area contributed by atoms with Gasteiger partial charge in [0, 0.05) is 45.1 Å². The van der Waals surface area contributed by atoms with Gasteiger partial charge in [-0.3, -0.25) is 0 Å². The predicted octanol–water partition coefficient (Wildman–Crippen LogP) is 2.63. The fourth-order valence-corrected chi connectivity index (χ4v) is 3.35. The SMILES string of the molecule is Cc1cc(N2CCN(C)CC2)cc2[nH]c(-c3cccn3C)nc12. The molecule has 0 saturated carbocycles. The van der Waals surface area contributed by atoms with E-state index in [0.29, 0.717) is 0 Å². The lowest BCUT2D eigenvalue weighted by Crippen LogP contribution is -2.44. The van der Waals surface area contributed by atoms with E-state index in [4.69, 9.17) is 4.98 Å². The molecule has 23 heavy (non-hydrogen) atoms. The van der Waals surface area contributed by atoms with E-state index in [0.717, 1.165) is 48.7 Å². The number of aryl methyl sites for hydroxylation is 2. The summed E-state index contributed by atoms with van der Waals surface area (Å²) in [6, 6.07) is 8.65. The molecule has 1 aliphatic heterocycles. The van der Waals surface area contributed by atoms with Crippen LogP contribution in [0.5, 0.6) is 0 Å². The average molecular weight is 309 g/mol. The third-order valence-electron chi connectivity index (χ3n) is 4.82. The van der Waals surface area contributed by atoms with Crippen molar-refractivity contribution in [2.45, 2.75) is 6.92 Å². The normalized spacial score (nSPS) is 16.4. The van der Waals surface area contributed by atoms with Crippen molar-refractivity contribution >= 4 is 16.7 Å². The van der Waals surface area contributed by atoms with Crippen molar-refractivity contribution in [2.75, 3.05) is 38.1 Å². The van der Waals surface area contributed by atoms with Gasteiger partial charge in [-0.25, -0.2) is 4.98 Å².